The van der Waals surface area contributed by atoms with Gasteiger partial charge in [-0.15, -0.1) is 0 Å². The summed E-state index contributed by atoms with van der Waals surface area (Å²) in [5.41, 5.74) is 9.36. The van der Waals surface area contributed by atoms with Crippen molar-refractivity contribution >= 4 is 32.3 Å². The number of nitrogens with zero attached hydrogens (tertiary/aromatic N) is 4. The fourth-order valence-electron chi connectivity index (χ4n) is 6.42. The zero-order valence-electron chi connectivity index (χ0n) is 24.6. The highest BCUT2D eigenvalue weighted by Crippen LogP contribution is 2.39. The lowest BCUT2D eigenvalue weighted by atomic mass is 9.90. The Morgan fingerprint density at radius 1 is 0.326 bits per heavy atom. The minimum absolute atomic E-state index is 0.408. The van der Waals surface area contributed by atoms with Crippen molar-refractivity contribution in [3.05, 3.63) is 157 Å². The first-order chi connectivity index (χ1) is 22.7. The highest BCUT2D eigenvalue weighted by atomic mass is 14.7. The summed E-state index contributed by atoms with van der Waals surface area (Å²) in [6.45, 7) is 0. The SMILES string of the molecule is N#Cc1cc(-c2cccc(-c3ccc4c5ccc(-c6cccc(-c7ccnc(C#N)c7)c6)cc5c5ccccc5c4c3)c2)ccn1. The van der Waals surface area contributed by atoms with Crippen molar-refractivity contribution in [2.24, 2.45) is 0 Å². The Bertz CT molecular complexity index is 2370. The summed E-state index contributed by atoms with van der Waals surface area (Å²) < 4.78 is 0. The maximum absolute atomic E-state index is 9.32. The van der Waals surface area contributed by atoms with Crippen molar-refractivity contribution < 1.29 is 0 Å². The maximum atomic E-state index is 9.32. The molecular weight excluding hydrogens is 560 g/mol. The van der Waals surface area contributed by atoms with E-state index in [4.69, 9.17) is 0 Å². The minimum atomic E-state index is 0.408. The molecule has 0 fully saturated rings. The van der Waals surface area contributed by atoms with Crippen molar-refractivity contribution in [3.8, 4) is 56.6 Å². The smallest absolute Gasteiger partial charge is 0.141 e. The molecule has 212 valence electrons. The van der Waals surface area contributed by atoms with E-state index in [-0.39, 0.29) is 0 Å². The predicted molar refractivity (Wildman–Crippen MR) is 186 cm³/mol. The van der Waals surface area contributed by atoms with Crippen LogP contribution in [0, 0.1) is 22.7 Å². The highest BCUT2D eigenvalue weighted by molar-refractivity contribution is 6.26. The molecule has 0 unspecified atom stereocenters. The van der Waals surface area contributed by atoms with E-state index in [9.17, 15) is 10.5 Å². The fourth-order valence-corrected chi connectivity index (χ4v) is 6.42. The third-order valence-electron chi connectivity index (χ3n) is 8.64. The Balaban J connectivity index is 1.25. The highest BCUT2D eigenvalue weighted by Gasteiger charge is 2.12. The van der Waals surface area contributed by atoms with Crippen molar-refractivity contribution in [3.63, 3.8) is 0 Å². The molecule has 4 heteroatoms. The van der Waals surface area contributed by atoms with Crippen LogP contribution in [0.4, 0.5) is 0 Å². The lowest BCUT2D eigenvalue weighted by molar-refractivity contribution is 1.26. The second-order valence-corrected chi connectivity index (χ2v) is 11.3. The first-order valence-corrected chi connectivity index (χ1v) is 15.0. The molecule has 2 heterocycles. The monoisotopic (exact) mass is 584 g/mol. The topological polar surface area (TPSA) is 73.4 Å². The summed E-state index contributed by atoms with van der Waals surface area (Å²) >= 11 is 0. The van der Waals surface area contributed by atoms with Crippen molar-refractivity contribution in [1.82, 2.24) is 9.97 Å². The molecule has 6 aromatic carbocycles. The molecule has 0 aliphatic carbocycles. The lowest BCUT2D eigenvalue weighted by Crippen LogP contribution is -1.88. The fraction of sp³-hybridized carbons (Fsp3) is 0. The predicted octanol–water partition coefficient (Wildman–Crippen LogP) is 10.3. The number of hydrogen-bond donors (Lipinski definition) is 0. The molecular formula is C42H24N4. The molecule has 0 N–H and O–H groups in total. The van der Waals surface area contributed by atoms with Gasteiger partial charge in [-0.25, -0.2) is 9.97 Å². The van der Waals surface area contributed by atoms with E-state index in [0.29, 0.717) is 11.4 Å². The molecule has 0 saturated heterocycles. The van der Waals surface area contributed by atoms with E-state index in [0.717, 1.165) is 44.5 Å². The average Bonchev–Trinajstić information content (AvgIpc) is 3.14. The Morgan fingerprint density at radius 2 is 0.696 bits per heavy atom. The van der Waals surface area contributed by atoms with E-state index in [2.05, 4.69) is 131 Å². The molecule has 8 rings (SSSR count). The summed E-state index contributed by atoms with van der Waals surface area (Å²) in [4.78, 5) is 8.25. The Hall–Kier alpha value is -6.62. The number of hydrogen-bond acceptors (Lipinski definition) is 4. The van der Waals surface area contributed by atoms with Gasteiger partial charge in [0.05, 0.1) is 0 Å². The van der Waals surface area contributed by atoms with Gasteiger partial charge in [-0.1, -0.05) is 84.9 Å². The van der Waals surface area contributed by atoms with Gasteiger partial charge < -0.3 is 0 Å². The van der Waals surface area contributed by atoms with Crippen LogP contribution in [0.25, 0.3) is 76.8 Å². The van der Waals surface area contributed by atoms with Gasteiger partial charge in [0.1, 0.15) is 23.5 Å². The maximum Gasteiger partial charge on any atom is 0.141 e. The second-order valence-electron chi connectivity index (χ2n) is 11.3. The average molecular weight is 585 g/mol. The normalized spacial score (nSPS) is 11.0. The Morgan fingerprint density at radius 3 is 1.11 bits per heavy atom. The van der Waals surface area contributed by atoms with E-state index in [1.165, 1.54) is 32.3 Å². The molecule has 0 radical (unpaired) electrons. The molecule has 0 spiro atoms. The third-order valence-corrected chi connectivity index (χ3v) is 8.64. The van der Waals surface area contributed by atoms with Crippen LogP contribution in [-0.4, -0.2) is 9.97 Å². The van der Waals surface area contributed by atoms with Gasteiger partial charge in [0, 0.05) is 12.4 Å². The number of pyridine rings is 2. The molecule has 4 nitrogen and oxygen atoms in total. The van der Waals surface area contributed by atoms with Crippen LogP contribution < -0.4 is 0 Å². The summed E-state index contributed by atoms with van der Waals surface area (Å²) in [5.74, 6) is 0. The molecule has 0 atom stereocenters. The van der Waals surface area contributed by atoms with Crippen LogP contribution in [0.1, 0.15) is 11.4 Å². The Kier molecular flexibility index (Phi) is 6.53. The lowest BCUT2D eigenvalue weighted by Gasteiger charge is -2.14. The molecule has 0 bridgehead atoms. The van der Waals surface area contributed by atoms with Gasteiger partial charge in [0.15, 0.2) is 0 Å². The summed E-state index contributed by atoms with van der Waals surface area (Å²) in [5, 5.41) is 25.9. The first kappa shape index (κ1) is 27.0. The molecule has 46 heavy (non-hydrogen) atoms. The second kappa shape index (κ2) is 11.1. The van der Waals surface area contributed by atoms with Crippen LogP contribution in [0.5, 0.6) is 0 Å². The Labute approximate surface area is 266 Å². The van der Waals surface area contributed by atoms with Crippen LogP contribution in [0.15, 0.2) is 146 Å². The van der Waals surface area contributed by atoms with Gasteiger partial charge in [0.2, 0.25) is 0 Å². The third kappa shape index (κ3) is 4.72. The first-order valence-electron chi connectivity index (χ1n) is 15.0. The van der Waals surface area contributed by atoms with E-state index >= 15 is 0 Å². The molecule has 0 aliphatic rings. The number of aromatic nitrogens is 2. The zero-order chi connectivity index (χ0) is 31.0. The molecule has 0 aliphatic heterocycles. The van der Waals surface area contributed by atoms with Crippen molar-refractivity contribution in [2.75, 3.05) is 0 Å². The van der Waals surface area contributed by atoms with Gasteiger partial charge in [-0.3, -0.25) is 0 Å². The molecule has 8 aromatic rings. The number of nitriles is 2. The van der Waals surface area contributed by atoms with Crippen LogP contribution in [0.2, 0.25) is 0 Å². The summed E-state index contributed by atoms with van der Waals surface area (Å²) in [6, 6.07) is 50.8. The van der Waals surface area contributed by atoms with Gasteiger partial charge in [-0.05, 0) is 125 Å². The number of fused-ring (bicyclic) bond motifs is 6. The van der Waals surface area contributed by atoms with E-state index in [1.807, 2.05) is 24.3 Å². The van der Waals surface area contributed by atoms with Crippen LogP contribution in [0.3, 0.4) is 0 Å². The molecule has 2 aromatic heterocycles. The standard InChI is InChI=1S/C42H24N4/c43-25-35-21-33(15-17-45-35)29-7-3-5-27(19-29)31-11-13-39-40-14-12-32(24-42(40)38-10-2-1-9-37(38)41(39)23-31)28-6-4-8-30(20-28)34-16-18-46-36(22-34)26-44/h1-24H. The van der Waals surface area contributed by atoms with Gasteiger partial charge in [-0.2, -0.15) is 10.5 Å². The molecule has 0 amide bonds. The summed E-state index contributed by atoms with van der Waals surface area (Å²) in [6.07, 6.45) is 3.37. The van der Waals surface area contributed by atoms with Gasteiger partial charge >= 0.3 is 0 Å². The van der Waals surface area contributed by atoms with Crippen molar-refractivity contribution in [2.45, 2.75) is 0 Å². The van der Waals surface area contributed by atoms with Crippen LogP contribution in [-0.2, 0) is 0 Å². The van der Waals surface area contributed by atoms with E-state index in [1.54, 1.807) is 12.4 Å². The number of benzene rings is 6. The van der Waals surface area contributed by atoms with Crippen LogP contribution >= 0.6 is 0 Å². The zero-order valence-corrected chi connectivity index (χ0v) is 24.6. The van der Waals surface area contributed by atoms with Crippen molar-refractivity contribution in [1.29, 1.82) is 10.5 Å². The quantitative estimate of drug-likeness (QED) is 0.193. The largest absolute Gasteiger partial charge is 0.246 e. The molecule has 0 saturated carbocycles. The number of rotatable bonds is 4. The minimum Gasteiger partial charge on any atom is -0.246 e. The van der Waals surface area contributed by atoms with Gasteiger partial charge in [0.25, 0.3) is 0 Å². The van der Waals surface area contributed by atoms with E-state index < -0.39 is 0 Å². The summed E-state index contributed by atoms with van der Waals surface area (Å²) in [7, 11) is 0.